The summed E-state index contributed by atoms with van der Waals surface area (Å²) in [6.45, 7) is 4.12. The van der Waals surface area contributed by atoms with E-state index in [1.165, 1.54) is 11.8 Å². The van der Waals surface area contributed by atoms with Gasteiger partial charge < -0.3 is 15.4 Å². The highest BCUT2D eigenvalue weighted by Crippen LogP contribution is 2.29. The molecule has 0 aliphatic carbocycles. The summed E-state index contributed by atoms with van der Waals surface area (Å²) in [4.78, 5) is 63.8. The molecule has 0 spiro atoms. The number of hydrogen-bond donors (Lipinski definition) is 2. The van der Waals surface area contributed by atoms with Crippen molar-refractivity contribution in [1.82, 2.24) is 10.2 Å². The minimum Gasteiger partial charge on any atom is -0.451 e. The van der Waals surface area contributed by atoms with Crippen molar-refractivity contribution in [2.24, 2.45) is 0 Å². The molecule has 0 unspecified atom stereocenters. The Balaban J connectivity index is 1.66. The number of anilines is 2. The highest BCUT2D eigenvalue weighted by atomic mass is 16.5. The van der Waals surface area contributed by atoms with Crippen molar-refractivity contribution in [2.45, 2.75) is 45.3 Å². The van der Waals surface area contributed by atoms with Crippen LogP contribution in [-0.2, 0) is 23.9 Å². The van der Waals surface area contributed by atoms with Gasteiger partial charge in [-0.2, -0.15) is 0 Å². The molecule has 0 saturated carbocycles. The number of benzene rings is 1. The van der Waals surface area contributed by atoms with Crippen molar-refractivity contribution in [1.29, 1.82) is 0 Å². The number of rotatable bonds is 6. The van der Waals surface area contributed by atoms with Gasteiger partial charge in [0.05, 0.1) is 11.4 Å². The van der Waals surface area contributed by atoms with Crippen LogP contribution in [0.1, 0.15) is 33.6 Å². The van der Waals surface area contributed by atoms with E-state index in [1.54, 1.807) is 38.1 Å². The first-order chi connectivity index (χ1) is 14.2. The molecule has 2 heterocycles. The van der Waals surface area contributed by atoms with Crippen LogP contribution in [0.25, 0.3) is 0 Å². The summed E-state index contributed by atoms with van der Waals surface area (Å²) in [7, 11) is 0. The van der Waals surface area contributed by atoms with E-state index in [0.717, 1.165) is 4.90 Å². The summed E-state index contributed by atoms with van der Waals surface area (Å²) in [6.07, 6.45) is -0.421. The molecule has 2 aliphatic rings. The van der Waals surface area contributed by atoms with Gasteiger partial charge >= 0.3 is 12.0 Å². The van der Waals surface area contributed by atoms with E-state index in [4.69, 9.17) is 4.74 Å². The molecule has 10 nitrogen and oxygen atoms in total. The van der Waals surface area contributed by atoms with Crippen LogP contribution in [0.15, 0.2) is 24.3 Å². The van der Waals surface area contributed by atoms with E-state index in [9.17, 15) is 24.0 Å². The third-order valence-corrected chi connectivity index (χ3v) is 5.43. The first-order valence-corrected chi connectivity index (χ1v) is 9.76. The normalized spacial score (nSPS) is 18.4. The summed E-state index contributed by atoms with van der Waals surface area (Å²) in [6, 6.07) is 6.11. The van der Waals surface area contributed by atoms with Crippen LogP contribution in [0.5, 0.6) is 0 Å². The Hall–Kier alpha value is -3.43. The third-order valence-electron chi connectivity index (χ3n) is 5.43. The van der Waals surface area contributed by atoms with Crippen LogP contribution < -0.4 is 15.5 Å². The molecule has 30 heavy (non-hydrogen) atoms. The molecule has 2 N–H and O–H groups in total. The molecular weight excluding hydrogens is 392 g/mol. The average molecular weight is 416 g/mol. The van der Waals surface area contributed by atoms with Crippen molar-refractivity contribution >= 4 is 41.1 Å². The second kappa shape index (κ2) is 8.13. The van der Waals surface area contributed by atoms with Crippen LogP contribution in [0, 0.1) is 0 Å². The van der Waals surface area contributed by atoms with Gasteiger partial charge in [0.25, 0.3) is 11.8 Å². The van der Waals surface area contributed by atoms with E-state index < -0.39 is 42.0 Å². The molecule has 0 radical (unpaired) electrons. The molecule has 3 rings (SSSR count). The third kappa shape index (κ3) is 3.72. The van der Waals surface area contributed by atoms with Gasteiger partial charge in [0, 0.05) is 0 Å². The highest BCUT2D eigenvalue weighted by molar-refractivity contribution is 6.11. The standard InChI is InChI=1S/C20H24N4O6/c1-4-20(5-2)18(28)24(19(29)22-20)11-16(26)30-12(3)17(27)23-10-15(25)21-13-8-6-7-9-14(13)23/h6-9,12H,4-5,10-11H2,1-3H3,(H,21,25)(H,22,29)/t12-/m0/s1. The SMILES string of the molecule is CCC1(CC)NC(=O)N(CC(=O)O[C@@H](C)C(=O)N2CC(=O)Nc3ccccc32)C1=O. The van der Waals surface area contributed by atoms with Gasteiger partial charge in [0.1, 0.15) is 18.6 Å². The van der Waals surface area contributed by atoms with Crippen molar-refractivity contribution in [3.05, 3.63) is 24.3 Å². The number of fused-ring (bicyclic) bond motifs is 1. The number of carbonyl (C=O) groups is 5. The van der Waals surface area contributed by atoms with Crippen LogP contribution in [-0.4, -0.2) is 59.4 Å². The van der Waals surface area contributed by atoms with Crippen molar-refractivity contribution in [3.8, 4) is 0 Å². The molecule has 160 valence electrons. The molecule has 1 aromatic carbocycles. The Morgan fingerprint density at radius 2 is 1.83 bits per heavy atom. The number of nitrogens with one attached hydrogen (secondary N) is 2. The van der Waals surface area contributed by atoms with Crippen LogP contribution >= 0.6 is 0 Å². The van der Waals surface area contributed by atoms with Gasteiger partial charge in [-0.25, -0.2) is 4.79 Å². The van der Waals surface area contributed by atoms with E-state index in [1.807, 2.05) is 0 Å². The summed E-state index contributed by atoms with van der Waals surface area (Å²) in [5, 5.41) is 5.30. The van der Waals surface area contributed by atoms with Crippen molar-refractivity contribution in [2.75, 3.05) is 23.3 Å². The number of esters is 1. The zero-order valence-corrected chi connectivity index (χ0v) is 17.1. The molecule has 1 aromatic rings. The van der Waals surface area contributed by atoms with Gasteiger partial charge in [0.15, 0.2) is 6.10 Å². The van der Waals surface area contributed by atoms with Gasteiger partial charge in [-0.05, 0) is 31.9 Å². The molecule has 1 atom stereocenters. The number of hydrogen-bond acceptors (Lipinski definition) is 6. The molecule has 1 fully saturated rings. The monoisotopic (exact) mass is 416 g/mol. The van der Waals surface area contributed by atoms with Crippen molar-refractivity contribution < 1.29 is 28.7 Å². The van der Waals surface area contributed by atoms with Crippen LogP contribution in [0.4, 0.5) is 16.2 Å². The fraction of sp³-hybridized carbons (Fsp3) is 0.450. The summed E-state index contributed by atoms with van der Waals surface area (Å²) in [5.41, 5.74) is -0.0471. The number of carbonyl (C=O) groups excluding carboxylic acids is 5. The maximum Gasteiger partial charge on any atom is 0.327 e. The smallest absolute Gasteiger partial charge is 0.327 e. The largest absolute Gasteiger partial charge is 0.451 e. The predicted octanol–water partition coefficient (Wildman–Crippen LogP) is 1.01. The lowest BCUT2D eigenvalue weighted by Gasteiger charge is -2.30. The Morgan fingerprint density at radius 1 is 1.17 bits per heavy atom. The summed E-state index contributed by atoms with van der Waals surface area (Å²) >= 11 is 0. The van der Waals surface area contributed by atoms with Crippen LogP contribution in [0.3, 0.4) is 0 Å². The topological polar surface area (TPSA) is 125 Å². The molecule has 10 heteroatoms. The van der Waals surface area contributed by atoms with E-state index in [0.29, 0.717) is 24.2 Å². The molecule has 2 aliphatic heterocycles. The number of nitrogens with zero attached hydrogens (tertiary/aromatic N) is 2. The first-order valence-electron chi connectivity index (χ1n) is 9.76. The van der Waals surface area contributed by atoms with Gasteiger partial charge in [-0.3, -0.25) is 29.0 Å². The fourth-order valence-corrected chi connectivity index (χ4v) is 3.61. The molecular formula is C20H24N4O6. The maximum atomic E-state index is 12.8. The number of urea groups is 1. The lowest BCUT2D eigenvalue weighted by Crippen LogP contribution is -2.48. The molecule has 0 aromatic heterocycles. The second-order valence-electron chi connectivity index (χ2n) is 7.23. The first kappa shape index (κ1) is 21.3. The van der Waals surface area contributed by atoms with Crippen molar-refractivity contribution in [3.63, 3.8) is 0 Å². The minimum atomic E-state index is -1.21. The number of amides is 5. The number of imide groups is 1. The maximum absolute atomic E-state index is 12.8. The zero-order valence-electron chi connectivity index (χ0n) is 17.1. The Kier molecular flexibility index (Phi) is 5.77. The average Bonchev–Trinajstić information content (AvgIpc) is 2.97. The fourth-order valence-electron chi connectivity index (χ4n) is 3.61. The second-order valence-corrected chi connectivity index (χ2v) is 7.23. The summed E-state index contributed by atoms with van der Waals surface area (Å²) in [5.74, 6) is -2.33. The van der Waals surface area contributed by atoms with Gasteiger partial charge in [-0.1, -0.05) is 26.0 Å². The molecule has 1 saturated heterocycles. The Morgan fingerprint density at radius 3 is 2.47 bits per heavy atom. The Labute approximate surface area is 173 Å². The Bertz CT molecular complexity index is 910. The minimum absolute atomic E-state index is 0.208. The van der Waals surface area contributed by atoms with E-state index in [-0.39, 0.29) is 12.5 Å². The molecule has 5 amide bonds. The highest BCUT2D eigenvalue weighted by Gasteiger charge is 2.49. The van der Waals surface area contributed by atoms with E-state index in [2.05, 4.69) is 10.6 Å². The van der Waals surface area contributed by atoms with Gasteiger partial charge in [-0.15, -0.1) is 0 Å². The summed E-state index contributed by atoms with van der Waals surface area (Å²) < 4.78 is 5.17. The van der Waals surface area contributed by atoms with Crippen LogP contribution in [0.2, 0.25) is 0 Å². The number of ether oxygens (including phenoxy) is 1. The quantitative estimate of drug-likeness (QED) is 0.527. The molecule has 0 bridgehead atoms. The lowest BCUT2D eigenvalue weighted by molar-refractivity contribution is -0.156. The zero-order chi connectivity index (χ0) is 22.1. The lowest BCUT2D eigenvalue weighted by atomic mass is 9.93. The van der Waals surface area contributed by atoms with Gasteiger partial charge in [0.2, 0.25) is 5.91 Å². The predicted molar refractivity (Wildman–Crippen MR) is 107 cm³/mol. The number of para-hydroxylation sites is 2. The van der Waals surface area contributed by atoms with E-state index >= 15 is 0 Å².